The number of benzene rings is 1. The molecule has 0 amide bonds. The highest BCUT2D eigenvalue weighted by Crippen LogP contribution is 2.30. The summed E-state index contributed by atoms with van der Waals surface area (Å²) in [5.41, 5.74) is 5.17. The van der Waals surface area contributed by atoms with Crippen LogP contribution in [0.25, 0.3) is 11.0 Å². The molecule has 4 nitrogen and oxygen atoms in total. The molecule has 104 valence electrons. The van der Waals surface area contributed by atoms with Crippen LogP contribution in [0.5, 0.6) is 0 Å². The number of furan rings is 1. The number of hydroxylamine groups is 1. The van der Waals surface area contributed by atoms with Crippen LogP contribution in [0.2, 0.25) is 0 Å². The summed E-state index contributed by atoms with van der Waals surface area (Å²) >= 11 is 0. The maximum absolute atomic E-state index is 5.94. The largest absolute Gasteiger partial charge is 0.459 e. The molecular formula is C15H21NO3. The third-order valence-electron chi connectivity index (χ3n) is 3.13. The highest BCUT2D eigenvalue weighted by Gasteiger charge is 2.17. The third-order valence-corrected chi connectivity index (χ3v) is 3.13. The number of rotatable bonds is 7. The Hall–Kier alpha value is -1.36. The number of hydrogen-bond donors (Lipinski definition) is 1. The number of aryl methyl sites for hydroxylation is 1. The third kappa shape index (κ3) is 3.15. The van der Waals surface area contributed by atoms with Crippen LogP contribution >= 0.6 is 0 Å². The van der Waals surface area contributed by atoms with Crippen LogP contribution in [-0.4, -0.2) is 20.3 Å². The summed E-state index contributed by atoms with van der Waals surface area (Å²) in [6.45, 7) is 5.26. The lowest BCUT2D eigenvalue weighted by atomic mass is 10.1. The van der Waals surface area contributed by atoms with Crippen molar-refractivity contribution in [2.45, 2.75) is 26.3 Å². The molecule has 0 spiro atoms. The van der Waals surface area contributed by atoms with E-state index >= 15 is 0 Å². The molecule has 1 aromatic carbocycles. The molecule has 0 aliphatic carbocycles. The molecule has 0 saturated carbocycles. The summed E-state index contributed by atoms with van der Waals surface area (Å²) in [5, 5.41) is 1.19. The molecule has 2 aromatic rings. The first-order valence-electron chi connectivity index (χ1n) is 6.64. The number of para-hydroxylation sites is 1. The molecule has 0 bridgehead atoms. The van der Waals surface area contributed by atoms with Gasteiger partial charge in [-0.3, -0.25) is 4.84 Å². The molecule has 0 fully saturated rings. The van der Waals surface area contributed by atoms with Gasteiger partial charge in [0.25, 0.3) is 0 Å². The lowest BCUT2D eigenvalue weighted by Crippen LogP contribution is -2.21. The monoisotopic (exact) mass is 263 g/mol. The Morgan fingerprint density at radius 2 is 2.05 bits per heavy atom. The maximum Gasteiger partial charge on any atom is 0.134 e. The fraction of sp³-hybridized carbons (Fsp3) is 0.467. The molecule has 0 saturated heterocycles. The second-order valence-corrected chi connectivity index (χ2v) is 4.48. The van der Waals surface area contributed by atoms with E-state index in [0.29, 0.717) is 13.2 Å². The lowest BCUT2D eigenvalue weighted by molar-refractivity contribution is -0.0125. The van der Waals surface area contributed by atoms with Gasteiger partial charge in [0.2, 0.25) is 0 Å². The fourth-order valence-electron chi connectivity index (χ4n) is 2.19. The second kappa shape index (κ2) is 6.70. The van der Waals surface area contributed by atoms with E-state index in [2.05, 4.69) is 18.5 Å². The second-order valence-electron chi connectivity index (χ2n) is 4.48. The van der Waals surface area contributed by atoms with Crippen molar-refractivity contribution in [2.75, 3.05) is 20.3 Å². The van der Waals surface area contributed by atoms with Gasteiger partial charge in [-0.1, -0.05) is 25.1 Å². The summed E-state index contributed by atoms with van der Waals surface area (Å²) in [5.74, 6) is 0.945. The molecule has 0 aliphatic heterocycles. The van der Waals surface area contributed by atoms with Crippen molar-refractivity contribution in [1.82, 2.24) is 5.48 Å². The van der Waals surface area contributed by atoms with Crippen LogP contribution in [0.3, 0.4) is 0 Å². The summed E-state index contributed by atoms with van der Waals surface area (Å²) in [6.07, 6.45) is 0.941. The maximum atomic E-state index is 5.94. The Morgan fingerprint density at radius 3 is 2.79 bits per heavy atom. The molecule has 2 rings (SSSR count). The zero-order valence-electron chi connectivity index (χ0n) is 11.7. The highest BCUT2D eigenvalue weighted by molar-refractivity contribution is 5.82. The van der Waals surface area contributed by atoms with Gasteiger partial charge in [0.1, 0.15) is 11.3 Å². The van der Waals surface area contributed by atoms with E-state index in [1.165, 1.54) is 10.9 Å². The Balaban J connectivity index is 2.14. The zero-order chi connectivity index (χ0) is 13.7. The van der Waals surface area contributed by atoms with E-state index < -0.39 is 0 Å². The predicted octanol–water partition coefficient (Wildman–Crippen LogP) is 3.22. The lowest BCUT2D eigenvalue weighted by Gasteiger charge is -2.12. The van der Waals surface area contributed by atoms with Gasteiger partial charge in [0, 0.05) is 18.1 Å². The molecular weight excluding hydrogens is 242 g/mol. The van der Waals surface area contributed by atoms with Crippen molar-refractivity contribution < 1.29 is 14.0 Å². The number of nitrogens with one attached hydrogen (secondary N) is 1. The van der Waals surface area contributed by atoms with Crippen LogP contribution < -0.4 is 5.48 Å². The van der Waals surface area contributed by atoms with Gasteiger partial charge in [-0.2, -0.15) is 5.48 Å². The summed E-state index contributed by atoms with van der Waals surface area (Å²) in [6, 6.07) is 8.13. The predicted molar refractivity (Wildman–Crippen MR) is 75.0 cm³/mol. The number of ether oxygens (including phenoxy) is 1. The number of methoxy groups -OCH3 is 1. The molecule has 0 aliphatic rings. The molecule has 0 radical (unpaired) electrons. The summed E-state index contributed by atoms with van der Waals surface area (Å²) in [4.78, 5) is 5.35. The molecule has 19 heavy (non-hydrogen) atoms. The van der Waals surface area contributed by atoms with E-state index in [1.807, 2.05) is 25.1 Å². The Kier molecular flexibility index (Phi) is 4.96. The minimum absolute atomic E-state index is 0.0132. The smallest absolute Gasteiger partial charge is 0.134 e. The van der Waals surface area contributed by atoms with Gasteiger partial charge in [-0.15, -0.1) is 0 Å². The van der Waals surface area contributed by atoms with Crippen molar-refractivity contribution in [3.63, 3.8) is 0 Å². The van der Waals surface area contributed by atoms with Gasteiger partial charge in [0.05, 0.1) is 19.3 Å². The fourth-order valence-corrected chi connectivity index (χ4v) is 2.19. The Labute approximate surface area is 113 Å². The van der Waals surface area contributed by atoms with Gasteiger partial charge in [-0.05, 0) is 19.4 Å². The van der Waals surface area contributed by atoms with Crippen LogP contribution in [0.15, 0.2) is 28.7 Å². The summed E-state index contributed by atoms with van der Waals surface area (Å²) < 4.78 is 10.9. The Morgan fingerprint density at radius 1 is 1.26 bits per heavy atom. The SMILES string of the molecule is CCc1c(C(C)NOCCOC)oc2ccccc12. The van der Waals surface area contributed by atoms with Crippen molar-refractivity contribution >= 4 is 11.0 Å². The Bertz CT molecular complexity index is 521. The molecule has 1 heterocycles. The number of fused-ring (bicyclic) bond motifs is 1. The minimum Gasteiger partial charge on any atom is -0.459 e. The van der Waals surface area contributed by atoms with Gasteiger partial charge in [0.15, 0.2) is 0 Å². The van der Waals surface area contributed by atoms with Gasteiger partial charge >= 0.3 is 0 Å². The van der Waals surface area contributed by atoms with E-state index in [1.54, 1.807) is 7.11 Å². The van der Waals surface area contributed by atoms with Crippen LogP contribution in [0.1, 0.15) is 31.2 Å². The normalized spacial score (nSPS) is 13.0. The van der Waals surface area contributed by atoms with Crippen molar-refractivity contribution in [3.8, 4) is 0 Å². The molecule has 1 N–H and O–H groups in total. The first-order chi connectivity index (χ1) is 9.27. The van der Waals surface area contributed by atoms with Gasteiger partial charge < -0.3 is 9.15 Å². The van der Waals surface area contributed by atoms with E-state index in [-0.39, 0.29) is 6.04 Å². The minimum atomic E-state index is 0.0132. The summed E-state index contributed by atoms with van der Waals surface area (Å²) in [7, 11) is 1.65. The average molecular weight is 263 g/mol. The standard InChI is InChI=1S/C15H21NO3/c1-4-12-13-7-5-6-8-14(13)19-15(12)11(2)16-18-10-9-17-3/h5-8,11,16H,4,9-10H2,1-3H3. The molecule has 1 aromatic heterocycles. The van der Waals surface area contributed by atoms with Crippen molar-refractivity contribution in [3.05, 3.63) is 35.6 Å². The van der Waals surface area contributed by atoms with E-state index in [4.69, 9.17) is 14.0 Å². The molecule has 1 atom stereocenters. The number of hydrogen-bond acceptors (Lipinski definition) is 4. The molecule has 4 heteroatoms. The van der Waals surface area contributed by atoms with E-state index in [9.17, 15) is 0 Å². The first-order valence-corrected chi connectivity index (χ1v) is 6.64. The zero-order valence-corrected chi connectivity index (χ0v) is 11.7. The van der Waals surface area contributed by atoms with Crippen LogP contribution in [0, 0.1) is 0 Å². The average Bonchev–Trinajstić information content (AvgIpc) is 2.82. The van der Waals surface area contributed by atoms with Crippen LogP contribution in [0.4, 0.5) is 0 Å². The van der Waals surface area contributed by atoms with E-state index in [0.717, 1.165) is 17.8 Å². The highest BCUT2D eigenvalue weighted by atomic mass is 16.7. The van der Waals surface area contributed by atoms with Crippen LogP contribution in [-0.2, 0) is 16.0 Å². The van der Waals surface area contributed by atoms with Crippen molar-refractivity contribution in [2.24, 2.45) is 0 Å². The first kappa shape index (κ1) is 14.1. The topological polar surface area (TPSA) is 43.6 Å². The molecule has 1 unspecified atom stereocenters. The van der Waals surface area contributed by atoms with Crippen molar-refractivity contribution in [1.29, 1.82) is 0 Å². The van der Waals surface area contributed by atoms with Gasteiger partial charge in [-0.25, -0.2) is 0 Å². The quantitative estimate of drug-likeness (QED) is 0.615.